The molecule has 2 N–H and O–H groups in total. The average molecular weight is 404 g/mol. The second kappa shape index (κ2) is 6.91. The van der Waals surface area contributed by atoms with Gasteiger partial charge in [0.1, 0.15) is 6.07 Å². The lowest BCUT2D eigenvalue weighted by Gasteiger charge is -2.57. The quantitative estimate of drug-likeness (QED) is 0.747. The van der Waals surface area contributed by atoms with E-state index < -0.39 is 5.97 Å². The molecule has 0 spiro atoms. The van der Waals surface area contributed by atoms with Crippen molar-refractivity contribution < 1.29 is 9.53 Å². The van der Waals surface area contributed by atoms with Crippen LogP contribution in [0.1, 0.15) is 72.6 Å². The normalized spacial score (nSPS) is 29.0. The zero-order valence-electron chi connectivity index (χ0n) is 17.8. The second-order valence-electron chi connectivity index (χ2n) is 9.67. The highest BCUT2D eigenvalue weighted by Gasteiger charge is 2.51. The topological polar surface area (TPSA) is 81.0 Å². The van der Waals surface area contributed by atoms with Crippen LogP contribution in [-0.4, -0.2) is 17.6 Å². The third-order valence-corrected chi connectivity index (χ3v) is 7.92. The Hall–Kier alpha value is -2.74. The summed E-state index contributed by atoms with van der Waals surface area (Å²) in [5.41, 5.74) is 10.6. The first kappa shape index (κ1) is 19.2. The predicted octanol–water partition coefficient (Wildman–Crippen LogP) is 4.75. The van der Waals surface area contributed by atoms with Crippen molar-refractivity contribution in [2.45, 2.75) is 57.3 Å². The summed E-state index contributed by atoms with van der Waals surface area (Å²) in [6.45, 7) is 2.11. The van der Waals surface area contributed by atoms with Gasteiger partial charge in [-0.25, -0.2) is 4.79 Å². The molecular formula is C25H29N3O2. The number of ether oxygens (including phenoxy) is 1. The van der Waals surface area contributed by atoms with Gasteiger partial charge in [0.15, 0.2) is 5.69 Å². The average Bonchev–Trinajstić information content (AvgIpc) is 3.07. The molecule has 0 saturated heterocycles. The van der Waals surface area contributed by atoms with E-state index in [-0.39, 0.29) is 16.8 Å². The van der Waals surface area contributed by atoms with E-state index in [0.717, 1.165) is 35.4 Å². The Balaban J connectivity index is 1.66. The molecule has 0 unspecified atom stereocenters. The Morgan fingerprint density at radius 3 is 2.40 bits per heavy atom. The molecule has 1 aromatic heterocycles. The van der Waals surface area contributed by atoms with Gasteiger partial charge in [-0.3, -0.25) is 0 Å². The van der Waals surface area contributed by atoms with Gasteiger partial charge in [0, 0.05) is 11.9 Å². The third kappa shape index (κ3) is 2.77. The van der Waals surface area contributed by atoms with Crippen LogP contribution in [0.5, 0.6) is 0 Å². The molecule has 4 fully saturated rings. The van der Waals surface area contributed by atoms with Crippen molar-refractivity contribution in [2.24, 2.45) is 17.8 Å². The number of carbonyl (C=O) groups excluding carboxylic acids is 1. The first-order chi connectivity index (χ1) is 14.5. The highest BCUT2D eigenvalue weighted by Crippen LogP contribution is 2.60. The third-order valence-electron chi connectivity index (χ3n) is 7.92. The Bertz CT molecular complexity index is 1020. The van der Waals surface area contributed by atoms with Crippen LogP contribution in [0.25, 0.3) is 5.69 Å². The number of rotatable bonds is 4. The maximum Gasteiger partial charge on any atom is 0.357 e. The molecule has 156 valence electrons. The summed E-state index contributed by atoms with van der Waals surface area (Å²) in [6.07, 6.45) is 10.6. The van der Waals surface area contributed by atoms with Gasteiger partial charge in [0.25, 0.3) is 0 Å². The molecule has 1 heterocycles. The van der Waals surface area contributed by atoms with Crippen molar-refractivity contribution in [1.29, 1.82) is 5.26 Å². The molecule has 4 aliphatic carbocycles. The fraction of sp³-hybridized carbons (Fsp3) is 0.520. The number of nitrogens with two attached hydrogens (primary N) is 1. The van der Waals surface area contributed by atoms with E-state index in [0.29, 0.717) is 5.56 Å². The molecular weight excluding hydrogens is 374 g/mol. The van der Waals surface area contributed by atoms with E-state index in [1.165, 1.54) is 51.2 Å². The number of aryl methyl sites for hydroxylation is 1. The highest BCUT2D eigenvalue weighted by atomic mass is 16.5. The van der Waals surface area contributed by atoms with Crippen LogP contribution in [0.2, 0.25) is 0 Å². The minimum absolute atomic E-state index is 0.187. The van der Waals surface area contributed by atoms with Crippen molar-refractivity contribution in [3.63, 3.8) is 0 Å². The molecule has 4 saturated carbocycles. The molecule has 30 heavy (non-hydrogen) atoms. The minimum atomic E-state index is -0.517. The van der Waals surface area contributed by atoms with Crippen LogP contribution in [0, 0.1) is 29.1 Å². The number of nitrogen functional groups attached to an aromatic ring is 1. The number of methoxy groups -OCH3 is 1. The molecule has 6 rings (SSSR count). The molecule has 0 amide bonds. The molecule has 5 heteroatoms. The first-order valence-electron chi connectivity index (χ1n) is 11.1. The summed E-state index contributed by atoms with van der Waals surface area (Å²) in [7, 11) is 1.34. The summed E-state index contributed by atoms with van der Waals surface area (Å²) < 4.78 is 6.77. The van der Waals surface area contributed by atoms with Gasteiger partial charge in [-0.15, -0.1) is 0 Å². The fourth-order valence-electron chi connectivity index (χ4n) is 6.99. The Morgan fingerprint density at radius 1 is 1.23 bits per heavy atom. The lowest BCUT2D eigenvalue weighted by atomic mass is 9.48. The standard InChI is InChI=1S/C25H29N3O2/c1-3-18-4-5-20(25-10-15-6-16(11-25)8-17(7-15)12-25)9-21(18)28-14-19(13-26)22(27)23(28)24(29)30-2/h4-5,9,14-17H,3,6-8,10-12,27H2,1-2H3. The van der Waals surface area contributed by atoms with Crippen LogP contribution in [0.4, 0.5) is 5.69 Å². The summed E-state index contributed by atoms with van der Waals surface area (Å²) >= 11 is 0. The van der Waals surface area contributed by atoms with E-state index in [1.54, 1.807) is 10.8 Å². The number of esters is 1. The Labute approximate surface area is 177 Å². The minimum Gasteiger partial charge on any atom is -0.464 e. The molecule has 0 atom stereocenters. The zero-order valence-corrected chi connectivity index (χ0v) is 17.8. The van der Waals surface area contributed by atoms with Crippen molar-refractivity contribution >= 4 is 11.7 Å². The van der Waals surface area contributed by atoms with Crippen LogP contribution in [0.3, 0.4) is 0 Å². The van der Waals surface area contributed by atoms with Gasteiger partial charge in [-0.2, -0.15) is 5.26 Å². The van der Waals surface area contributed by atoms with E-state index in [1.807, 2.05) is 0 Å². The fourth-order valence-corrected chi connectivity index (χ4v) is 6.99. The number of nitrogens with zero attached hydrogens (tertiary/aromatic N) is 2. The number of carbonyl (C=O) groups is 1. The van der Waals surface area contributed by atoms with Gasteiger partial charge in [0.05, 0.1) is 18.4 Å². The second-order valence-corrected chi connectivity index (χ2v) is 9.67. The number of hydrogen-bond acceptors (Lipinski definition) is 4. The largest absolute Gasteiger partial charge is 0.464 e. The van der Waals surface area contributed by atoms with Gasteiger partial charge in [0.2, 0.25) is 0 Å². The number of anilines is 1. The first-order valence-corrected chi connectivity index (χ1v) is 11.1. The van der Waals surface area contributed by atoms with Crippen molar-refractivity contribution in [2.75, 3.05) is 12.8 Å². The van der Waals surface area contributed by atoms with Crippen LogP contribution in [0.15, 0.2) is 24.4 Å². The summed E-state index contributed by atoms with van der Waals surface area (Å²) in [5, 5.41) is 9.50. The lowest BCUT2D eigenvalue weighted by Crippen LogP contribution is -2.48. The maximum atomic E-state index is 12.5. The summed E-state index contributed by atoms with van der Waals surface area (Å²) in [6, 6.07) is 8.89. The van der Waals surface area contributed by atoms with Crippen molar-refractivity contribution in [1.82, 2.24) is 4.57 Å². The monoisotopic (exact) mass is 403 g/mol. The Morgan fingerprint density at radius 2 is 1.87 bits per heavy atom. The van der Waals surface area contributed by atoms with Crippen LogP contribution in [-0.2, 0) is 16.6 Å². The van der Waals surface area contributed by atoms with Gasteiger partial charge < -0.3 is 15.0 Å². The molecule has 0 aliphatic heterocycles. The summed E-state index contributed by atoms with van der Waals surface area (Å²) in [5.74, 6) is 2.08. The molecule has 4 bridgehead atoms. The molecule has 1 aromatic carbocycles. The SMILES string of the molecule is CCc1ccc(C23CC4CC(CC(C4)C2)C3)cc1-n1cc(C#N)c(N)c1C(=O)OC. The maximum absolute atomic E-state index is 12.5. The van der Waals surface area contributed by atoms with Crippen molar-refractivity contribution in [3.8, 4) is 11.8 Å². The van der Waals surface area contributed by atoms with E-state index in [4.69, 9.17) is 10.5 Å². The Kier molecular flexibility index (Phi) is 4.43. The zero-order chi connectivity index (χ0) is 21.0. The van der Waals surface area contributed by atoms with Gasteiger partial charge in [-0.05, 0) is 85.3 Å². The molecule has 5 nitrogen and oxygen atoms in total. The van der Waals surface area contributed by atoms with Crippen molar-refractivity contribution in [3.05, 3.63) is 46.8 Å². The number of hydrogen-bond donors (Lipinski definition) is 1. The lowest BCUT2D eigenvalue weighted by molar-refractivity contribution is -0.00519. The number of benzene rings is 1. The molecule has 2 aromatic rings. The summed E-state index contributed by atoms with van der Waals surface area (Å²) in [4.78, 5) is 12.5. The van der Waals surface area contributed by atoms with Gasteiger partial charge in [-0.1, -0.05) is 19.1 Å². The van der Waals surface area contributed by atoms with E-state index >= 15 is 0 Å². The molecule has 4 aliphatic rings. The van der Waals surface area contributed by atoms with E-state index in [2.05, 4.69) is 31.2 Å². The smallest absolute Gasteiger partial charge is 0.357 e. The number of nitriles is 1. The molecule has 0 radical (unpaired) electrons. The highest BCUT2D eigenvalue weighted by molar-refractivity contribution is 5.96. The van der Waals surface area contributed by atoms with E-state index in [9.17, 15) is 10.1 Å². The van der Waals surface area contributed by atoms with Crippen LogP contribution >= 0.6 is 0 Å². The van der Waals surface area contributed by atoms with Gasteiger partial charge >= 0.3 is 5.97 Å². The van der Waals surface area contributed by atoms with Crippen LogP contribution < -0.4 is 5.73 Å². The predicted molar refractivity (Wildman–Crippen MR) is 115 cm³/mol. The number of aromatic nitrogens is 1.